The maximum atomic E-state index is 5.76. The van der Waals surface area contributed by atoms with Gasteiger partial charge < -0.3 is 19.4 Å². The Bertz CT molecular complexity index is 549. The van der Waals surface area contributed by atoms with E-state index < -0.39 is 0 Å². The molecule has 0 aromatic carbocycles. The van der Waals surface area contributed by atoms with Gasteiger partial charge in [-0.1, -0.05) is 6.42 Å². The van der Waals surface area contributed by atoms with Gasteiger partial charge in [0.15, 0.2) is 5.96 Å². The van der Waals surface area contributed by atoms with Gasteiger partial charge in [0.25, 0.3) is 0 Å². The monoisotopic (exact) mass is 376 g/mol. The highest BCUT2D eigenvalue weighted by molar-refractivity contribution is 5.79. The zero-order chi connectivity index (χ0) is 18.9. The van der Waals surface area contributed by atoms with E-state index in [0.717, 1.165) is 57.0 Å². The molecule has 0 spiro atoms. The van der Waals surface area contributed by atoms with Gasteiger partial charge >= 0.3 is 0 Å². The molecule has 2 fully saturated rings. The summed E-state index contributed by atoms with van der Waals surface area (Å²) in [7, 11) is 4.01. The lowest BCUT2D eigenvalue weighted by Gasteiger charge is -2.34. The molecule has 3 heterocycles. The molecule has 1 N–H and O–H groups in total. The van der Waals surface area contributed by atoms with Crippen LogP contribution >= 0.6 is 0 Å². The minimum atomic E-state index is 0.265. The van der Waals surface area contributed by atoms with E-state index in [1.165, 1.54) is 38.5 Å². The smallest absolute Gasteiger partial charge is 0.193 e. The lowest BCUT2D eigenvalue weighted by atomic mass is 9.96. The van der Waals surface area contributed by atoms with Crippen molar-refractivity contribution in [2.45, 2.75) is 44.6 Å². The van der Waals surface area contributed by atoms with E-state index in [1.807, 2.05) is 13.1 Å². The van der Waals surface area contributed by atoms with Gasteiger partial charge in [-0.25, -0.2) is 0 Å². The molecule has 0 radical (unpaired) electrons. The van der Waals surface area contributed by atoms with Crippen molar-refractivity contribution in [3.05, 3.63) is 24.2 Å². The third-order valence-corrected chi connectivity index (χ3v) is 5.94. The molecule has 2 aliphatic rings. The van der Waals surface area contributed by atoms with Crippen molar-refractivity contribution in [3.63, 3.8) is 0 Å². The molecular weight excluding hydrogens is 340 g/mol. The lowest BCUT2D eigenvalue weighted by Crippen LogP contribution is -2.45. The third kappa shape index (κ3) is 5.98. The highest BCUT2D eigenvalue weighted by atomic mass is 16.5. The van der Waals surface area contributed by atoms with Crippen LogP contribution in [0.25, 0.3) is 0 Å². The average Bonchev–Trinajstić information content (AvgIpc) is 3.25. The van der Waals surface area contributed by atoms with E-state index in [0.29, 0.717) is 0 Å². The second kappa shape index (κ2) is 10.7. The fourth-order valence-corrected chi connectivity index (χ4v) is 4.21. The van der Waals surface area contributed by atoms with E-state index >= 15 is 0 Å². The van der Waals surface area contributed by atoms with Crippen LogP contribution in [0.2, 0.25) is 0 Å². The van der Waals surface area contributed by atoms with Crippen LogP contribution in [-0.2, 0) is 4.74 Å². The summed E-state index contributed by atoms with van der Waals surface area (Å²) in [4.78, 5) is 9.31. The van der Waals surface area contributed by atoms with E-state index in [-0.39, 0.29) is 6.04 Å². The third-order valence-electron chi connectivity index (χ3n) is 5.94. The van der Waals surface area contributed by atoms with E-state index in [9.17, 15) is 0 Å². The van der Waals surface area contributed by atoms with Crippen molar-refractivity contribution in [2.75, 3.05) is 53.5 Å². The molecule has 1 unspecified atom stereocenters. The standard InChI is InChI=1S/C21H36N4O2/c1-22-21(24(2)13-8-18-9-15-26-16-10-18)23-17-19(20-7-6-14-27-20)25-11-4-3-5-12-25/h6-7,14,18-19H,3-5,8-13,15-17H2,1-2H3,(H,22,23). The van der Waals surface area contributed by atoms with E-state index in [1.54, 1.807) is 6.26 Å². The van der Waals surface area contributed by atoms with Gasteiger partial charge in [0.2, 0.25) is 0 Å². The van der Waals surface area contributed by atoms with Crippen LogP contribution in [0.4, 0.5) is 0 Å². The number of rotatable bonds is 7. The summed E-state index contributed by atoms with van der Waals surface area (Å²) in [5, 5.41) is 3.59. The topological polar surface area (TPSA) is 53.2 Å². The van der Waals surface area contributed by atoms with E-state index in [4.69, 9.17) is 9.15 Å². The van der Waals surface area contributed by atoms with Gasteiger partial charge in [0, 0.05) is 40.4 Å². The SMILES string of the molecule is CN=C(NCC(c1ccco1)N1CCCCC1)N(C)CCC1CCOCC1. The van der Waals surface area contributed by atoms with Crippen LogP contribution in [0.5, 0.6) is 0 Å². The van der Waals surface area contributed by atoms with Crippen molar-refractivity contribution in [1.82, 2.24) is 15.1 Å². The summed E-state index contributed by atoms with van der Waals surface area (Å²) in [6.07, 6.45) is 9.25. The van der Waals surface area contributed by atoms with Gasteiger partial charge in [-0.05, 0) is 63.2 Å². The number of ether oxygens (including phenoxy) is 1. The quantitative estimate of drug-likeness (QED) is 0.585. The first-order chi connectivity index (χ1) is 13.3. The number of hydrogen-bond acceptors (Lipinski definition) is 4. The first-order valence-electron chi connectivity index (χ1n) is 10.5. The fourth-order valence-electron chi connectivity index (χ4n) is 4.21. The molecule has 1 aromatic heterocycles. The zero-order valence-corrected chi connectivity index (χ0v) is 17.0. The normalized spacial score (nSPS) is 21.2. The van der Waals surface area contributed by atoms with Gasteiger partial charge in [-0.3, -0.25) is 9.89 Å². The van der Waals surface area contributed by atoms with Gasteiger partial charge in [-0.2, -0.15) is 0 Å². The molecular formula is C21H36N4O2. The van der Waals surface area contributed by atoms with Crippen LogP contribution in [0.15, 0.2) is 27.8 Å². The van der Waals surface area contributed by atoms with Gasteiger partial charge in [0.05, 0.1) is 12.3 Å². The van der Waals surface area contributed by atoms with Crippen LogP contribution < -0.4 is 5.32 Å². The number of furan rings is 1. The molecule has 6 nitrogen and oxygen atoms in total. The molecule has 6 heteroatoms. The minimum Gasteiger partial charge on any atom is -0.468 e. The molecule has 2 saturated heterocycles. The van der Waals surface area contributed by atoms with Crippen LogP contribution in [-0.4, -0.2) is 69.2 Å². The molecule has 2 aliphatic heterocycles. The maximum Gasteiger partial charge on any atom is 0.193 e. The predicted molar refractivity (Wildman–Crippen MR) is 109 cm³/mol. The summed E-state index contributed by atoms with van der Waals surface area (Å²) in [5.41, 5.74) is 0. The Morgan fingerprint density at radius 1 is 1.30 bits per heavy atom. The number of hydrogen-bond donors (Lipinski definition) is 1. The summed E-state index contributed by atoms with van der Waals surface area (Å²) < 4.78 is 11.2. The molecule has 3 rings (SSSR count). The highest BCUT2D eigenvalue weighted by Crippen LogP contribution is 2.24. The summed E-state index contributed by atoms with van der Waals surface area (Å²) in [6, 6.07) is 4.35. The zero-order valence-electron chi connectivity index (χ0n) is 17.0. The van der Waals surface area contributed by atoms with Crippen molar-refractivity contribution >= 4 is 5.96 Å². The molecule has 0 bridgehead atoms. The predicted octanol–water partition coefficient (Wildman–Crippen LogP) is 3.13. The molecule has 1 aromatic rings. The maximum absolute atomic E-state index is 5.76. The summed E-state index contributed by atoms with van der Waals surface area (Å²) in [6.45, 7) is 5.97. The van der Waals surface area contributed by atoms with Crippen LogP contribution in [0.1, 0.15) is 50.3 Å². The molecule has 0 aliphatic carbocycles. The van der Waals surface area contributed by atoms with E-state index in [2.05, 4.69) is 33.2 Å². The minimum absolute atomic E-state index is 0.265. The number of nitrogens with one attached hydrogen (secondary N) is 1. The Morgan fingerprint density at radius 2 is 2.07 bits per heavy atom. The van der Waals surface area contributed by atoms with Crippen molar-refractivity contribution in [1.29, 1.82) is 0 Å². The lowest BCUT2D eigenvalue weighted by molar-refractivity contribution is 0.0625. The van der Waals surface area contributed by atoms with Crippen LogP contribution in [0, 0.1) is 5.92 Å². The van der Waals surface area contributed by atoms with Crippen LogP contribution in [0.3, 0.4) is 0 Å². The van der Waals surface area contributed by atoms with Gasteiger partial charge in [-0.15, -0.1) is 0 Å². The largest absolute Gasteiger partial charge is 0.468 e. The first kappa shape index (κ1) is 20.2. The second-order valence-electron chi connectivity index (χ2n) is 7.82. The fraction of sp³-hybridized carbons (Fsp3) is 0.762. The number of likely N-dealkylation sites (tertiary alicyclic amines) is 1. The Kier molecular flexibility index (Phi) is 8.02. The number of nitrogens with zero attached hydrogens (tertiary/aromatic N) is 3. The first-order valence-corrected chi connectivity index (χ1v) is 10.5. The number of aliphatic imine (C=N–C) groups is 1. The molecule has 27 heavy (non-hydrogen) atoms. The Labute approximate surface area is 163 Å². The van der Waals surface area contributed by atoms with Crippen molar-refractivity contribution in [2.24, 2.45) is 10.9 Å². The number of guanidine groups is 1. The molecule has 0 saturated carbocycles. The Hall–Kier alpha value is -1.53. The van der Waals surface area contributed by atoms with Crippen molar-refractivity contribution in [3.8, 4) is 0 Å². The summed E-state index contributed by atoms with van der Waals surface area (Å²) >= 11 is 0. The Balaban J connectivity index is 1.52. The molecule has 152 valence electrons. The van der Waals surface area contributed by atoms with Gasteiger partial charge in [0.1, 0.15) is 5.76 Å². The molecule has 0 amide bonds. The summed E-state index contributed by atoms with van der Waals surface area (Å²) in [5.74, 6) is 2.80. The van der Waals surface area contributed by atoms with Crippen molar-refractivity contribution < 1.29 is 9.15 Å². The average molecular weight is 377 g/mol. The number of piperidine rings is 1. The highest BCUT2D eigenvalue weighted by Gasteiger charge is 2.25. The Morgan fingerprint density at radius 3 is 2.74 bits per heavy atom. The second-order valence-corrected chi connectivity index (χ2v) is 7.82. The molecule has 1 atom stereocenters.